The Morgan fingerprint density at radius 1 is 1.21 bits per heavy atom. The molecule has 0 saturated carbocycles. The van der Waals surface area contributed by atoms with Gasteiger partial charge >= 0.3 is 0 Å². The predicted molar refractivity (Wildman–Crippen MR) is 82.8 cm³/mol. The Bertz CT molecular complexity index is 560. The van der Waals surface area contributed by atoms with Crippen molar-refractivity contribution < 1.29 is 4.74 Å². The summed E-state index contributed by atoms with van der Waals surface area (Å²) in [5.41, 5.74) is 1.76. The summed E-state index contributed by atoms with van der Waals surface area (Å²) in [5.74, 6) is 0.768. The molecule has 0 aliphatic heterocycles. The summed E-state index contributed by atoms with van der Waals surface area (Å²) in [4.78, 5) is 4.39. The van der Waals surface area contributed by atoms with Gasteiger partial charge in [0.2, 0.25) is 0 Å². The summed E-state index contributed by atoms with van der Waals surface area (Å²) in [6, 6.07) is 11.5. The first-order valence-corrected chi connectivity index (χ1v) is 7.43. The van der Waals surface area contributed by atoms with E-state index in [2.05, 4.69) is 27.8 Å². The van der Waals surface area contributed by atoms with E-state index >= 15 is 0 Å². The largest absolute Gasteiger partial charge is 0.491 e. The van der Waals surface area contributed by atoms with Crippen LogP contribution in [0.15, 0.2) is 40.9 Å². The van der Waals surface area contributed by atoms with Crippen LogP contribution >= 0.6 is 27.5 Å². The van der Waals surface area contributed by atoms with E-state index in [9.17, 15) is 0 Å². The van der Waals surface area contributed by atoms with E-state index in [1.54, 1.807) is 6.07 Å². The highest BCUT2D eigenvalue weighted by Crippen LogP contribution is 2.34. The van der Waals surface area contributed by atoms with Crippen LogP contribution < -0.4 is 4.74 Å². The van der Waals surface area contributed by atoms with E-state index in [0.717, 1.165) is 34.3 Å². The maximum Gasteiger partial charge on any atom is 0.145 e. The molecule has 0 bridgehead atoms. The number of unbranched alkanes of at least 4 members (excludes halogenated alkanes) is 1. The van der Waals surface area contributed by atoms with Crippen LogP contribution in [-0.4, -0.2) is 11.6 Å². The fourth-order valence-corrected chi connectivity index (χ4v) is 2.33. The van der Waals surface area contributed by atoms with Crippen LogP contribution in [0.1, 0.15) is 19.8 Å². The smallest absolute Gasteiger partial charge is 0.145 e. The third kappa shape index (κ3) is 3.71. The molecule has 0 amide bonds. The first-order chi connectivity index (χ1) is 9.22. The van der Waals surface area contributed by atoms with Gasteiger partial charge in [-0.25, -0.2) is 4.98 Å². The zero-order valence-electron chi connectivity index (χ0n) is 10.7. The third-order valence-electron chi connectivity index (χ3n) is 2.71. The van der Waals surface area contributed by atoms with Gasteiger partial charge in [-0.2, -0.15) is 0 Å². The van der Waals surface area contributed by atoms with E-state index in [4.69, 9.17) is 16.3 Å². The van der Waals surface area contributed by atoms with Gasteiger partial charge in [-0.15, -0.1) is 0 Å². The number of halogens is 2. The van der Waals surface area contributed by atoms with Crippen molar-refractivity contribution in [3.05, 3.63) is 46.0 Å². The average molecular weight is 341 g/mol. The molecular formula is C15H15BrClNO. The lowest BCUT2D eigenvalue weighted by atomic mass is 10.1. The van der Waals surface area contributed by atoms with Crippen molar-refractivity contribution in [3.8, 4) is 17.0 Å². The number of nitrogens with zero attached hydrogens (tertiary/aromatic N) is 1. The summed E-state index contributed by atoms with van der Waals surface area (Å²) in [6.07, 6.45) is 2.13. The quantitative estimate of drug-likeness (QED) is 0.541. The Morgan fingerprint density at radius 3 is 2.74 bits per heavy atom. The van der Waals surface area contributed by atoms with Crippen LogP contribution in [0.5, 0.6) is 5.75 Å². The van der Waals surface area contributed by atoms with Crippen molar-refractivity contribution >= 4 is 27.5 Å². The van der Waals surface area contributed by atoms with Crippen molar-refractivity contribution in [1.82, 2.24) is 4.98 Å². The molecule has 19 heavy (non-hydrogen) atoms. The molecule has 0 radical (unpaired) electrons. The highest BCUT2D eigenvalue weighted by Gasteiger charge is 2.11. The van der Waals surface area contributed by atoms with Gasteiger partial charge in [0.05, 0.1) is 6.61 Å². The second-order valence-electron chi connectivity index (χ2n) is 4.16. The fraction of sp³-hybridized carbons (Fsp3) is 0.267. The molecule has 100 valence electrons. The number of rotatable bonds is 5. The first-order valence-electron chi connectivity index (χ1n) is 6.26. The molecular weight excluding hydrogens is 326 g/mol. The molecule has 0 saturated heterocycles. The zero-order chi connectivity index (χ0) is 13.7. The van der Waals surface area contributed by atoms with Crippen LogP contribution in [-0.2, 0) is 0 Å². The molecule has 0 N–H and O–H groups in total. The molecule has 0 atom stereocenters. The molecule has 1 aromatic heterocycles. The Hall–Kier alpha value is -1.06. The van der Waals surface area contributed by atoms with Gasteiger partial charge < -0.3 is 4.74 Å². The minimum absolute atomic E-state index is 0.466. The highest BCUT2D eigenvalue weighted by atomic mass is 79.9. The lowest BCUT2D eigenvalue weighted by molar-refractivity contribution is 0.309. The lowest BCUT2D eigenvalue weighted by Crippen LogP contribution is -2.00. The van der Waals surface area contributed by atoms with Gasteiger partial charge in [-0.3, -0.25) is 0 Å². The molecule has 2 rings (SSSR count). The van der Waals surface area contributed by atoms with Gasteiger partial charge in [-0.05, 0) is 24.6 Å². The summed E-state index contributed by atoms with van der Waals surface area (Å²) in [7, 11) is 0. The van der Waals surface area contributed by atoms with Crippen LogP contribution in [0, 0.1) is 0 Å². The van der Waals surface area contributed by atoms with Crippen molar-refractivity contribution in [2.45, 2.75) is 19.8 Å². The molecule has 2 nitrogen and oxygen atoms in total. The molecule has 4 heteroatoms. The molecule has 1 heterocycles. The second kappa shape index (κ2) is 6.92. The van der Waals surface area contributed by atoms with E-state index < -0.39 is 0 Å². The van der Waals surface area contributed by atoms with Crippen molar-refractivity contribution in [2.24, 2.45) is 0 Å². The van der Waals surface area contributed by atoms with Gasteiger partial charge in [-0.1, -0.05) is 59.1 Å². The number of benzene rings is 1. The molecule has 2 aromatic rings. The van der Waals surface area contributed by atoms with Gasteiger partial charge in [0, 0.05) is 10.0 Å². The van der Waals surface area contributed by atoms with Crippen LogP contribution in [0.4, 0.5) is 0 Å². The first kappa shape index (κ1) is 14.4. The van der Waals surface area contributed by atoms with E-state index in [1.807, 2.05) is 30.3 Å². The highest BCUT2D eigenvalue weighted by molar-refractivity contribution is 9.10. The zero-order valence-corrected chi connectivity index (χ0v) is 13.0. The Morgan fingerprint density at radius 2 is 2.00 bits per heavy atom. The van der Waals surface area contributed by atoms with E-state index in [-0.39, 0.29) is 0 Å². The Balaban J connectivity index is 2.37. The maximum atomic E-state index is 6.00. The summed E-state index contributed by atoms with van der Waals surface area (Å²) >= 11 is 9.53. The Kier molecular flexibility index (Phi) is 5.23. The molecule has 0 aliphatic rings. The number of aromatic nitrogens is 1. The number of hydrogen-bond donors (Lipinski definition) is 0. The van der Waals surface area contributed by atoms with Crippen molar-refractivity contribution in [2.75, 3.05) is 6.61 Å². The minimum Gasteiger partial charge on any atom is -0.491 e. The lowest BCUT2D eigenvalue weighted by Gasteiger charge is -2.12. The van der Waals surface area contributed by atoms with Crippen LogP contribution in [0.25, 0.3) is 11.3 Å². The third-order valence-corrected chi connectivity index (χ3v) is 3.61. The van der Waals surface area contributed by atoms with Crippen LogP contribution in [0.3, 0.4) is 0 Å². The van der Waals surface area contributed by atoms with Crippen molar-refractivity contribution in [1.29, 1.82) is 0 Å². The number of pyridine rings is 1. The van der Waals surface area contributed by atoms with Crippen molar-refractivity contribution in [3.63, 3.8) is 0 Å². The molecule has 0 unspecified atom stereocenters. The fourth-order valence-electron chi connectivity index (χ4n) is 1.71. The summed E-state index contributed by atoms with van der Waals surface area (Å²) in [5, 5.41) is 0.466. The summed E-state index contributed by atoms with van der Waals surface area (Å²) in [6.45, 7) is 2.83. The Labute approximate surface area is 126 Å². The maximum absolute atomic E-state index is 6.00. The second-order valence-corrected chi connectivity index (χ2v) is 5.40. The number of hydrogen-bond acceptors (Lipinski definition) is 2. The molecule has 1 aromatic carbocycles. The SMILES string of the molecule is CCCCOc1ccc(Cl)nc1-c1ccccc1Br. The minimum atomic E-state index is 0.466. The normalized spacial score (nSPS) is 10.5. The van der Waals surface area contributed by atoms with Gasteiger partial charge in [0.25, 0.3) is 0 Å². The van der Waals surface area contributed by atoms with E-state index in [1.165, 1.54) is 0 Å². The monoisotopic (exact) mass is 339 g/mol. The number of ether oxygens (including phenoxy) is 1. The molecule has 0 aliphatic carbocycles. The molecule has 0 spiro atoms. The summed E-state index contributed by atoms with van der Waals surface area (Å²) < 4.78 is 6.78. The van der Waals surface area contributed by atoms with Crippen LogP contribution in [0.2, 0.25) is 5.15 Å². The molecule has 0 fully saturated rings. The van der Waals surface area contributed by atoms with E-state index in [0.29, 0.717) is 11.8 Å². The van der Waals surface area contributed by atoms with Gasteiger partial charge in [0.1, 0.15) is 16.6 Å². The topological polar surface area (TPSA) is 22.1 Å². The van der Waals surface area contributed by atoms with Gasteiger partial charge in [0.15, 0.2) is 0 Å². The predicted octanol–water partition coefficient (Wildman–Crippen LogP) is 5.34. The standard InChI is InChI=1S/C15H15BrClNO/c1-2-3-10-19-13-8-9-14(17)18-15(13)11-6-4-5-7-12(11)16/h4-9H,2-3,10H2,1H3. The average Bonchev–Trinajstić information content (AvgIpc) is 2.41.